The van der Waals surface area contributed by atoms with Crippen LogP contribution in [-0.2, 0) is 67.0 Å². The zero-order valence-electron chi connectivity index (χ0n) is 61.4. The number of primary amides is 1. The van der Waals surface area contributed by atoms with Crippen LogP contribution in [0.15, 0.2) is 24.4 Å². The first-order valence-corrected chi connectivity index (χ1v) is 33.1. The van der Waals surface area contributed by atoms with E-state index in [0.29, 0.717) is 25.0 Å². The smallest absolute Gasteiger partial charge is 0.332 e. The Balaban J connectivity index is 6.88. The van der Waals surface area contributed by atoms with Crippen molar-refractivity contribution in [2.75, 3.05) is 82.8 Å². The fourth-order valence-corrected chi connectivity index (χ4v) is 11.0. The van der Waals surface area contributed by atoms with E-state index in [4.69, 9.17) is 19.9 Å². The van der Waals surface area contributed by atoms with Gasteiger partial charge in [-0.05, 0) is 101 Å². The molecule has 0 aliphatic rings. The predicted molar refractivity (Wildman–Crippen MR) is 361 cm³/mol. The van der Waals surface area contributed by atoms with Crippen LogP contribution in [0, 0.1) is 41.4 Å². The highest BCUT2D eigenvalue weighted by atomic mass is 16.6. The molecule has 0 aliphatic carbocycles. The second-order valence-corrected chi connectivity index (χ2v) is 27.5. The summed E-state index contributed by atoms with van der Waals surface area (Å²) in [5, 5.41) is 8.58. The number of likely N-dealkylation sites (N-methyl/N-ethyl adjacent to an activating group) is 7. The molecule has 0 aromatic rings. The minimum absolute atomic E-state index is 0.0263. The largest absolute Gasteiger partial charge is 0.458 e. The van der Waals surface area contributed by atoms with Crippen molar-refractivity contribution in [3.8, 4) is 0 Å². The highest BCUT2D eigenvalue weighted by molar-refractivity contribution is 5.97. The summed E-state index contributed by atoms with van der Waals surface area (Å²) in [4.78, 5) is 164. The maximum absolute atomic E-state index is 15.1. The number of ether oxygens (including phenoxy) is 3. The molecular weight excluding hydrogens is 1190 g/mol. The lowest BCUT2D eigenvalue weighted by Gasteiger charge is -2.42. The molecule has 0 bridgehead atoms. The van der Waals surface area contributed by atoms with Gasteiger partial charge in [0.05, 0.1) is 25.8 Å². The number of carbonyl (C=O) groups is 11. The lowest BCUT2D eigenvalue weighted by atomic mass is 9.91. The second-order valence-electron chi connectivity index (χ2n) is 27.5. The summed E-state index contributed by atoms with van der Waals surface area (Å²) < 4.78 is 16.2. The molecule has 0 spiro atoms. The topological polar surface area (TPSA) is 300 Å². The van der Waals surface area contributed by atoms with E-state index < -0.39 is 144 Å². The van der Waals surface area contributed by atoms with Gasteiger partial charge in [-0.3, -0.25) is 47.9 Å². The van der Waals surface area contributed by atoms with Gasteiger partial charge in [-0.1, -0.05) is 116 Å². The van der Waals surface area contributed by atoms with E-state index in [-0.39, 0.29) is 75.0 Å². The summed E-state index contributed by atoms with van der Waals surface area (Å²) in [6.07, 6.45) is 4.67. The van der Waals surface area contributed by atoms with Crippen molar-refractivity contribution in [2.45, 2.75) is 223 Å². The van der Waals surface area contributed by atoms with E-state index in [2.05, 4.69) is 22.5 Å². The van der Waals surface area contributed by atoms with Gasteiger partial charge in [0.15, 0.2) is 0 Å². The zero-order valence-corrected chi connectivity index (χ0v) is 61.4. The molecule has 0 radical (unpaired) electrons. The minimum atomic E-state index is -1.46. The van der Waals surface area contributed by atoms with Crippen molar-refractivity contribution in [3.63, 3.8) is 0 Å². The van der Waals surface area contributed by atoms with Crippen molar-refractivity contribution < 1.29 is 67.0 Å². The van der Waals surface area contributed by atoms with E-state index in [1.165, 1.54) is 80.8 Å². The van der Waals surface area contributed by atoms with Gasteiger partial charge in [0, 0.05) is 68.6 Å². The average molecular weight is 1320 g/mol. The molecule has 0 aliphatic heterocycles. The van der Waals surface area contributed by atoms with Crippen LogP contribution in [0.2, 0.25) is 0 Å². The van der Waals surface area contributed by atoms with E-state index in [1.54, 1.807) is 53.5 Å². The molecule has 534 valence electrons. The Hall–Kier alpha value is -6.63. The normalized spacial score (nSPS) is 15.3. The molecule has 11 atom stereocenters. The molecule has 0 fully saturated rings. The van der Waals surface area contributed by atoms with Gasteiger partial charge in [0.1, 0.15) is 61.0 Å². The number of nitrogens with zero attached hydrogens (tertiary/aromatic N) is 7. The fraction of sp³-hybridized carbons (Fsp3) is 0.779. The van der Waals surface area contributed by atoms with Crippen LogP contribution in [0.4, 0.5) is 0 Å². The van der Waals surface area contributed by atoms with Gasteiger partial charge in [-0.25, -0.2) is 4.79 Å². The predicted octanol–water partition coefficient (Wildman–Crippen LogP) is 4.85. The monoisotopic (exact) mass is 1320 g/mol. The number of methoxy groups -OCH3 is 1. The standard InChI is InChI=1S/C68H123N11O14/c1-27-29-31-46(15)60(93-56(82)39-92-33-32-91-26)59(61(69)83)79(25)68(90)58(45(13)14)78(24)66(88)53(37-43(9)10)77(23)65(87)52(36-42(7)8)74(20)49(18)47(16)70-62(84)48(17)71-63(85)51(35-41(5)6)76(22)67(89)57(44(11)12)72-64(86)50(34-40(3)4)75(21)55(81)38-73(19)54(80)30-28-2/h27,29,40-48,50-53,57-60H,18,28,30-39H2,1-17,19-26H3,(H2,69,83)(H,70,84)(H,71,85)(H,72,86)/b29-27+/t46?,47-,48+,50+,51+,52+,53+,57+,58-,59?,60-/m1/s1. The Kier molecular flexibility index (Phi) is 39.0. The van der Waals surface area contributed by atoms with Gasteiger partial charge in [0.25, 0.3) is 0 Å². The van der Waals surface area contributed by atoms with Crippen LogP contribution in [0.1, 0.15) is 163 Å². The molecule has 0 aromatic heterocycles. The van der Waals surface area contributed by atoms with Crippen molar-refractivity contribution in [2.24, 2.45) is 47.2 Å². The molecule has 25 heteroatoms. The SMILES string of the molecule is C=C([C@@H](C)NC(=O)[C@H](C)NC(=O)[C@H](CC(C)C)N(C)C(=O)[C@@H](NC(=O)[C@H](CC(C)C)N(C)C(=O)CN(C)C(=O)CCC)C(C)C)N(C)[C@@H](CC(C)C)C(=O)N(C)[C@@H](CC(C)C)C(=O)N(C)[C@@H](C(=O)N(C)C(C(N)=O)[C@H](OC(=O)COCCOC)C(C)C/C=C/C)C(C)C. The lowest BCUT2D eigenvalue weighted by molar-refractivity contribution is -0.167. The number of hydrogen-bond acceptors (Lipinski definition) is 15. The van der Waals surface area contributed by atoms with Crippen LogP contribution in [0.3, 0.4) is 0 Å². The highest BCUT2D eigenvalue weighted by Gasteiger charge is 2.45. The van der Waals surface area contributed by atoms with Gasteiger partial charge in [-0.2, -0.15) is 0 Å². The molecule has 0 heterocycles. The van der Waals surface area contributed by atoms with Crippen LogP contribution in [-0.4, -0.2) is 243 Å². The van der Waals surface area contributed by atoms with E-state index >= 15 is 9.59 Å². The first kappa shape index (κ1) is 86.4. The number of allylic oxidation sites excluding steroid dienone is 2. The van der Waals surface area contributed by atoms with Gasteiger partial charge < -0.3 is 70.2 Å². The maximum atomic E-state index is 15.1. The number of nitrogens with one attached hydrogen (secondary N) is 3. The summed E-state index contributed by atoms with van der Waals surface area (Å²) in [6.45, 7) is 34.9. The fourth-order valence-electron chi connectivity index (χ4n) is 11.0. The van der Waals surface area contributed by atoms with E-state index in [9.17, 15) is 43.2 Å². The summed E-state index contributed by atoms with van der Waals surface area (Å²) in [5.74, 6) is -8.09. The molecule has 5 N–H and O–H groups in total. The van der Waals surface area contributed by atoms with E-state index in [0.717, 1.165) is 4.90 Å². The summed E-state index contributed by atoms with van der Waals surface area (Å²) in [7, 11) is 12.1. The third-order valence-corrected chi connectivity index (χ3v) is 16.7. The van der Waals surface area contributed by atoms with Crippen LogP contribution >= 0.6 is 0 Å². The van der Waals surface area contributed by atoms with Gasteiger partial charge >= 0.3 is 5.97 Å². The molecule has 0 saturated heterocycles. The number of rotatable bonds is 43. The Morgan fingerprint density at radius 2 is 0.968 bits per heavy atom. The third kappa shape index (κ3) is 27.7. The van der Waals surface area contributed by atoms with Crippen LogP contribution in [0.5, 0.6) is 0 Å². The Morgan fingerprint density at radius 3 is 1.43 bits per heavy atom. The first-order chi connectivity index (χ1) is 43.1. The molecule has 25 nitrogen and oxygen atoms in total. The third-order valence-electron chi connectivity index (χ3n) is 16.7. The van der Waals surface area contributed by atoms with Crippen molar-refractivity contribution >= 4 is 65.0 Å². The zero-order chi connectivity index (χ0) is 72.2. The number of esters is 1. The number of hydrogen-bond donors (Lipinski definition) is 4. The second kappa shape index (κ2) is 41.9. The molecule has 0 aromatic carbocycles. The first-order valence-electron chi connectivity index (χ1n) is 33.1. The summed E-state index contributed by atoms with van der Waals surface area (Å²) >= 11 is 0. The molecule has 10 amide bonds. The Morgan fingerprint density at radius 1 is 0.516 bits per heavy atom. The van der Waals surface area contributed by atoms with Crippen molar-refractivity contribution in [3.05, 3.63) is 24.4 Å². The molecule has 0 rings (SSSR count). The summed E-state index contributed by atoms with van der Waals surface area (Å²) in [6, 6.07) is -9.74. The van der Waals surface area contributed by atoms with Crippen molar-refractivity contribution in [1.82, 2.24) is 50.2 Å². The highest BCUT2D eigenvalue weighted by Crippen LogP contribution is 2.27. The Labute approximate surface area is 557 Å². The molecular formula is C68H123N11O14. The van der Waals surface area contributed by atoms with E-state index in [1.807, 2.05) is 81.4 Å². The number of carbonyl (C=O) groups excluding carboxylic acids is 11. The van der Waals surface area contributed by atoms with Crippen molar-refractivity contribution in [1.29, 1.82) is 0 Å². The number of nitrogens with two attached hydrogens (primary N) is 1. The lowest BCUT2D eigenvalue weighted by Crippen LogP contribution is -2.62. The molecule has 93 heavy (non-hydrogen) atoms. The Bertz CT molecular complexity index is 2490. The summed E-state index contributed by atoms with van der Waals surface area (Å²) in [5.41, 5.74) is 6.38. The van der Waals surface area contributed by atoms with Gasteiger partial charge in [-0.15, -0.1) is 0 Å². The van der Waals surface area contributed by atoms with Gasteiger partial charge in [0.2, 0.25) is 59.1 Å². The number of amides is 10. The molecule has 0 saturated carbocycles. The maximum Gasteiger partial charge on any atom is 0.332 e. The molecule has 2 unspecified atom stereocenters. The van der Waals surface area contributed by atoms with Crippen LogP contribution < -0.4 is 21.7 Å². The average Bonchev–Trinajstić information content (AvgIpc) is 0.964. The van der Waals surface area contributed by atoms with Crippen LogP contribution in [0.25, 0.3) is 0 Å². The quantitative estimate of drug-likeness (QED) is 0.0361. The minimum Gasteiger partial charge on any atom is -0.458 e.